The third-order valence-corrected chi connectivity index (χ3v) is 5.63. The molecule has 0 saturated carbocycles. The number of nitro benzene ring substituents is 1. The molecule has 0 radical (unpaired) electrons. The third kappa shape index (κ3) is 4.43. The Hall–Kier alpha value is -2.36. The number of halogens is 1. The van der Waals surface area contributed by atoms with E-state index in [-0.39, 0.29) is 22.7 Å². The fraction of sp³-hybridized carbons (Fsp3) is 0.294. The average molecular weight is 381 g/mol. The number of nitrogens with one attached hydrogen (secondary N) is 1. The van der Waals surface area contributed by atoms with Crippen LogP contribution in [0.15, 0.2) is 47.4 Å². The van der Waals surface area contributed by atoms with E-state index >= 15 is 0 Å². The number of nitro groups is 1. The van der Waals surface area contributed by atoms with Crippen molar-refractivity contribution in [3.63, 3.8) is 0 Å². The number of hydrogen-bond acceptors (Lipinski definition) is 5. The van der Waals surface area contributed by atoms with Crippen LogP contribution in [0.5, 0.6) is 0 Å². The zero-order chi connectivity index (χ0) is 19.5. The minimum atomic E-state index is -3.97. The largest absolute Gasteiger partial charge is 0.301 e. The van der Waals surface area contributed by atoms with Crippen LogP contribution in [0, 0.1) is 22.9 Å². The molecule has 26 heavy (non-hydrogen) atoms. The molecule has 9 heteroatoms. The molecule has 7 nitrogen and oxygen atoms in total. The Morgan fingerprint density at radius 3 is 2.46 bits per heavy atom. The van der Waals surface area contributed by atoms with Gasteiger partial charge < -0.3 is 4.90 Å². The first-order chi connectivity index (χ1) is 12.1. The van der Waals surface area contributed by atoms with Gasteiger partial charge in [0.25, 0.3) is 5.69 Å². The van der Waals surface area contributed by atoms with Crippen LogP contribution >= 0.6 is 0 Å². The number of nitrogens with zero attached hydrogens (tertiary/aromatic N) is 2. The molecule has 0 aliphatic rings. The lowest BCUT2D eigenvalue weighted by Gasteiger charge is -2.25. The van der Waals surface area contributed by atoms with Crippen molar-refractivity contribution in [3.05, 3.63) is 69.5 Å². The number of rotatable bonds is 7. The van der Waals surface area contributed by atoms with Crippen LogP contribution < -0.4 is 4.72 Å². The van der Waals surface area contributed by atoms with E-state index < -0.39 is 26.8 Å². The van der Waals surface area contributed by atoms with Crippen LogP contribution in [0.2, 0.25) is 0 Å². The summed E-state index contributed by atoms with van der Waals surface area (Å²) in [7, 11) is -0.464. The summed E-state index contributed by atoms with van der Waals surface area (Å²) in [5.74, 6) is -0.410. The van der Waals surface area contributed by atoms with E-state index in [9.17, 15) is 22.9 Å². The summed E-state index contributed by atoms with van der Waals surface area (Å²) in [5.41, 5.74) is 0.424. The molecule has 0 heterocycles. The number of hydrogen-bond donors (Lipinski definition) is 1. The first kappa shape index (κ1) is 20.0. The first-order valence-electron chi connectivity index (χ1n) is 7.79. The zero-order valence-corrected chi connectivity index (χ0v) is 15.5. The molecule has 2 aromatic carbocycles. The second-order valence-corrected chi connectivity index (χ2v) is 7.78. The maximum absolute atomic E-state index is 13.5. The molecule has 0 fully saturated rings. The van der Waals surface area contributed by atoms with Gasteiger partial charge in [-0.25, -0.2) is 17.5 Å². The summed E-state index contributed by atoms with van der Waals surface area (Å²) >= 11 is 0. The predicted octanol–water partition coefficient (Wildman–Crippen LogP) is 2.62. The molecule has 140 valence electrons. The fourth-order valence-corrected chi connectivity index (χ4v) is 3.97. The maximum Gasteiger partial charge on any atom is 0.273 e. The molecular formula is C17H20FN3O4S. The standard InChI is InChI=1S/C17H20FN3O4S/c1-12-15(21(22)23)8-5-9-17(12)26(24,25)19-11-16(20(2)3)13-6-4-7-14(18)10-13/h4-10,16,19H,11H2,1-3H3/t16-/m1/s1. The van der Waals surface area contributed by atoms with Crippen molar-refractivity contribution in [2.75, 3.05) is 20.6 Å². The van der Waals surface area contributed by atoms with Crippen LogP contribution in [0.25, 0.3) is 0 Å². The van der Waals surface area contributed by atoms with Gasteiger partial charge in [-0.3, -0.25) is 10.1 Å². The van der Waals surface area contributed by atoms with Gasteiger partial charge in [-0.15, -0.1) is 0 Å². The second-order valence-electron chi connectivity index (χ2n) is 6.04. The van der Waals surface area contributed by atoms with Gasteiger partial charge in [-0.05, 0) is 44.8 Å². The smallest absolute Gasteiger partial charge is 0.273 e. The van der Waals surface area contributed by atoms with Gasteiger partial charge in [0.1, 0.15) is 5.82 Å². The highest BCUT2D eigenvalue weighted by molar-refractivity contribution is 7.89. The van der Waals surface area contributed by atoms with Crippen LogP contribution in [-0.2, 0) is 10.0 Å². The van der Waals surface area contributed by atoms with Gasteiger partial charge in [0.2, 0.25) is 10.0 Å². The SMILES string of the molecule is Cc1c([N+](=O)[O-])cccc1S(=O)(=O)NC[C@H](c1cccc(F)c1)N(C)C. The minimum Gasteiger partial charge on any atom is -0.301 e. The van der Waals surface area contributed by atoms with Gasteiger partial charge >= 0.3 is 0 Å². The summed E-state index contributed by atoms with van der Waals surface area (Å²) in [5, 5.41) is 11.0. The molecule has 0 bridgehead atoms. The maximum atomic E-state index is 13.5. The molecule has 0 spiro atoms. The fourth-order valence-electron chi connectivity index (χ4n) is 2.67. The van der Waals surface area contributed by atoms with Crippen molar-refractivity contribution in [1.29, 1.82) is 0 Å². The number of likely N-dealkylation sites (N-methyl/N-ethyl adjacent to an activating group) is 1. The molecule has 0 saturated heterocycles. The number of sulfonamides is 1. The molecule has 0 aromatic heterocycles. The monoisotopic (exact) mass is 381 g/mol. The first-order valence-corrected chi connectivity index (χ1v) is 9.27. The summed E-state index contributed by atoms with van der Waals surface area (Å²) in [6.07, 6.45) is 0. The van der Waals surface area contributed by atoms with Crippen molar-refractivity contribution < 1.29 is 17.7 Å². The van der Waals surface area contributed by atoms with Crippen LogP contribution in [0.1, 0.15) is 17.2 Å². The van der Waals surface area contributed by atoms with E-state index in [2.05, 4.69) is 4.72 Å². The Bertz CT molecular complexity index is 916. The minimum absolute atomic E-state index is 0.0130. The molecule has 0 aliphatic carbocycles. The Balaban J connectivity index is 2.29. The van der Waals surface area contributed by atoms with Crippen molar-refractivity contribution in [3.8, 4) is 0 Å². The Kier molecular flexibility index (Phi) is 6.06. The lowest BCUT2D eigenvalue weighted by Crippen LogP contribution is -2.34. The van der Waals surface area contributed by atoms with E-state index in [1.165, 1.54) is 37.3 Å². The summed E-state index contributed by atoms with van der Waals surface area (Å²) in [6, 6.07) is 9.42. The molecular weight excluding hydrogens is 361 g/mol. The highest BCUT2D eigenvalue weighted by atomic mass is 32.2. The van der Waals surface area contributed by atoms with Crippen LogP contribution in [-0.4, -0.2) is 38.9 Å². The molecule has 2 rings (SSSR count). The Labute approximate surface area is 151 Å². The summed E-state index contributed by atoms with van der Waals surface area (Å²) in [4.78, 5) is 12.0. The topological polar surface area (TPSA) is 92.5 Å². The highest BCUT2D eigenvalue weighted by Gasteiger charge is 2.24. The van der Waals surface area contributed by atoms with Crippen molar-refractivity contribution in [2.45, 2.75) is 17.9 Å². The van der Waals surface area contributed by atoms with E-state index in [1.807, 2.05) is 0 Å². The van der Waals surface area contributed by atoms with Crippen LogP contribution in [0.4, 0.5) is 10.1 Å². The zero-order valence-electron chi connectivity index (χ0n) is 14.6. The normalized spacial score (nSPS) is 13.0. The van der Waals surface area contributed by atoms with Gasteiger partial charge in [-0.2, -0.15) is 0 Å². The molecule has 0 unspecified atom stereocenters. The van der Waals surface area contributed by atoms with Crippen molar-refractivity contribution in [2.24, 2.45) is 0 Å². The summed E-state index contributed by atoms with van der Waals surface area (Å²) in [6.45, 7) is 1.38. The van der Waals surface area contributed by atoms with E-state index in [0.29, 0.717) is 5.56 Å². The van der Waals surface area contributed by atoms with Crippen LogP contribution in [0.3, 0.4) is 0 Å². The molecule has 1 N–H and O–H groups in total. The Morgan fingerprint density at radius 1 is 1.23 bits per heavy atom. The van der Waals surface area contributed by atoms with Gasteiger partial charge in [-0.1, -0.05) is 18.2 Å². The number of benzene rings is 2. The van der Waals surface area contributed by atoms with E-state index in [0.717, 1.165) is 0 Å². The molecule has 0 amide bonds. The van der Waals surface area contributed by atoms with Gasteiger partial charge in [0, 0.05) is 24.2 Å². The molecule has 0 aliphatic heterocycles. The second kappa shape index (κ2) is 7.90. The Morgan fingerprint density at radius 2 is 1.88 bits per heavy atom. The van der Waals surface area contributed by atoms with Crippen molar-refractivity contribution >= 4 is 15.7 Å². The molecule has 2 aromatic rings. The lowest BCUT2D eigenvalue weighted by molar-refractivity contribution is -0.385. The van der Waals surface area contributed by atoms with Gasteiger partial charge in [0.05, 0.1) is 9.82 Å². The highest BCUT2D eigenvalue weighted by Crippen LogP contribution is 2.25. The van der Waals surface area contributed by atoms with Crippen molar-refractivity contribution in [1.82, 2.24) is 9.62 Å². The molecule has 1 atom stereocenters. The average Bonchev–Trinajstić information content (AvgIpc) is 2.54. The quantitative estimate of drug-likeness (QED) is 0.588. The summed E-state index contributed by atoms with van der Waals surface area (Å²) < 4.78 is 41.2. The van der Waals surface area contributed by atoms with E-state index in [1.54, 1.807) is 31.1 Å². The third-order valence-electron chi connectivity index (χ3n) is 4.07. The van der Waals surface area contributed by atoms with Gasteiger partial charge in [0.15, 0.2) is 0 Å². The van der Waals surface area contributed by atoms with E-state index in [4.69, 9.17) is 0 Å². The predicted molar refractivity (Wildman–Crippen MR) is 95.8 cm³/mol. The lowest BCUT2D eigenvalue weighted by atomic mass is 10.1.